The van der Waals surface area contributed by atoms with Gasteiger partial charge in [-0.2, -0.15) is 0 Å². The summed E-state index contributed by atoms with van der Waals surface area (Å²) in [5, 5.41) is 22.4. The van der Waals surface area contributed by atoms with Gasteiger partial charge in [-0.1, -0.05) is 6.07 Å². The summed E-state index contributed by atoms with van der Waals surface area (Å²) in [5.74, 6) is -0.316. The quantitative estimate of drug-likeness (QED) is 0.688. The van der Waals surface area contributed by atoms with Gasteiger partial charge in [0.2, 0.25) is 0 Å². The zero-order valence-electron chi connectivity index (χ0n) is 11.0. The van der Waals surface area contributed by atoms with E-state index in [9.17, 15) is 15.0 Å². The van der Waals surface area contributed by atoms with E-state index in [1.54, 1.807) is 31.2 Å². The van der Waals surface area contributed by atoms with E-state index in [2.05, 4.69) is 15.3 Å². The van der Waals surface area contributed by atoms with Crippen LogP contribution in [0.25, 0.3) is 10.2 Å². The third-order valence-corrected chi connectivity index (χ3v) is 4.22. The fourth-order valence-electron chi connectivity index (χ4n) is 2.09. The van der Waals surface area contributed by atoms with Crippen molar-refractivity contribution in [1.29, 1.82) is 0 Å². The molecule has 6 nitrogen and oxygen atoms in total. The Kier molecular flexibility index (Phi) is 3.19. The molecule has 0 saturated carbocycles. The molecule has 0 aliphatic rings. The summed E-state index contributed by atoms with van der Waals surface area (Å²) in [7, 11) is 0. The van der Waals surface area contributed by atoms with Crippen molar-refractivity contribution in [3.8, 4) is 5.75 Å². The standard InChI is InChI=1S/C14H11N3O3S/c1-7-10-12(17-8-3-2-4-9(18)5-8)15-6-16-13(10)21-11(7)14(19)20/h2-6,18H,1H3,(H,19,20)(H,15,16,17). The van der Waals surface area contributed by atoms with Crippen LogP contribution in [0.2, 0.25) is 0 Å². The summed E-state index contributed by atoms with van der Waals surface area (Å²) in [4.78, 5) is 20.4. The van der Waals surface area contributed by atoms with Crippen LogP contribution in [0.3, 0.4) is 0 Å². The summed E-state index contributed by atoms with van der Waals surface area (Å²) < 4.78 is 0. The molecule has 0 atom stereocenters. The van der Waals surface area contributed by atoms with Crippen LogP contribution < -0.4 is 5.32 Å². The average Bonchev–Trinajstić information content (AvgIpc) is 2.77. The van der Waals surface area contributed by atoms with Crippen molar-refractivity contribution in [2.24, 2.45) is 0 Å². The SMILES string of the molecule is Cc1c(C(=O)O)sc2ncnc(Nc3cccc(O)c3)c12. The minimum Gasteiger partial charge on any atom is -0.508 e. The molecule has 0 unspecified atom stereocenters. The number of anilines is 2. The van der Waals surface area contributed by atoms with Gasteiger partial charge in [0.15, 0.2) is 0 Å². The Morgan fingerprint density at radius 1 is 1.33 bits per heavy atom. The molecule has 0 amide bonds. The average molecular weight is 301 g/mol. The van der Waals surface area contributed by atoms with Crippen LogP contribution in [0, 0.1) is 6.92 Å². The van der Waals surface area contributed by atoms with Gasteiger partial charge in [0.25, 0.3) is 0 Å². The van der Waals surface area contributed by atoms with Crippen molar-refractivity contribution in [2.45, 2.75) is 6.92 Å². The first kappa shape index (κ1) is 13.3. The van der Waals surface area contributed by atoms with Gasteiger partial charge in [-0.25, -0.2) is 14.8 Å². The number of nitrogens with one attached hydrogen (secondary N) is 1. The van der Waals surface area contributed by atoms with E-state index in [-0.39, 0.29) is 10.6 Å². The van der Waals surface area contributed by atoms with Gasteiger partial charge in [0, 0.05) is 11.8 Å². The first-order valence-corrected chi connectivity index (χ1v) is 6.91. The number of aromatic nitrogens is 2. The number of phenols is 1. The number of carbonyl (C=O) groups is 1. The maximum Gasteiger partial charge on any atom is 0.346 e. The van der Waals surface area contributed by atoms with Crippen LogP contribution >= 0.6 is 11.3 Å². The number of carboxylic acids is 1. The molecule has 0 radical (unpaired) electrons. The predicted octanol–water partition coefficient (Wildman–Crippen LogP) is 3.15. The van der Waals surface area contributed by atoms with Crippen LogP contribution in [0.1, 0.15) is 15.2 Å². The van der Waals surface area contributed by atoms with E-state index in [4.69, 9.17) is 0 Å². The number of benzene rings is 1. The molecule has 1 aromatic carbocycles. The molecule has 7 heteroatoms. The normalized spacial score (nSPS) is 10.7. The molecular formula is C14H11N3O3S. The molecule has 106 valence electrons. The molecule has 0 aliphatic carbocycles. The number of phenolic OH excluding ortho intramolecular Hbond substituents is 1. The highest BCUT2D eigenvalue weighted by molar-refractivity contribution is 7.20. The van der Waals surface area contributed by atoms with E-state index in [0.717, 1.165) is 11.3 Å². The zero-order valence-corrected chi connectivity index (χ0v) is 11.8. The molecular weight excluding hydrogens is 290 g/mol. The van der Waals surface area contributed by atoms with Crippen LogP contribution in [0.5, 0.6) is 5.75 Å². The van der Waals surface area contributed by atoms with E-state index >= 15 is 0 Å². The lowest BCUT2D eigenvalue weighted by atomic mass is 10.2. The summed E-state index contributed by atoms with van der Waals surface area (Å²) in [6.45, 7) is 1.74. The fourth-order valence-corrected chi connectivity index (χ4v) is 3.08. The summed E-state index contributed by atoms with van der Waals surface area (Å²) >= 11 is 1.12. The van der Waals surface area contributed by atoms with Crippen molar-refractivity contribution in [1.82, 2.24) is 9.97 Å². The topological polar surface area (TPSA) is 95.3 Å². The highest BCUT2D eigenvalue weighted by atomic mass is 32.1. The lowest BCUT2D eigenvalue weighted by Crippen LogP contribution is -1.97. The molecule has 2 aromatic heterocycles. The van der Waals surface area contributed by atoms with E-state index in [1.807, 2.05) is 0 Å². The van der Waals surface area contributed by atoms with E-state index in [1.165, 1.54) is 6.33 Å². The van der Waals surface area contributed by atoms with Crippen molar-refractivity contribution >= 4 is 39.0 Å². The Labute approximate surface area is 123 Å². The van der Waals surface area contributed by atoms with E-state index < -0.39 is 5.97 Å². The van der Waals surface area contributed by atoms with Gasteiger partial charge in [-0.15, -0.1) is 11.3 Å². The van der Waals surface area contributed by atoms with Gasteiger partial charge in [0.05, 0.1) is 5.39 Å². The van der Waals surface area contributed by atoms with Gasteiger partial charge >= 0.3 is 5.97 Å². The maximum absolute atomic E-state index is 11.2. The second kappa shape index (κ2) is 5.02. The number of nitrogens with zero attached hydrogens (tertiary/aromatic N) is 2. The number of aromatic hydroxyl groups is 1. The number of aromatic carboxylic acids is 1. The third-order valence-electron chi connectivity index (χ3n) is 3.03. The number of rotatable bonds is 3. The number of thiophene rings is 1. The number of hydrogen-bond acceptors (Lipinski definition) is 6. The molecule has 3 N–H and O–H groups in total. The maximum atomic E-state index is 11.2. The number of aryl methyl sites for hydroxylation is 1. The molecule has 2 heterocycles. The summed E-state index contributed by atoms with van der Waals surface area (Å²) in [5.41, 5.74) is 1.29. The minimum absolute atomic E-state index is 0.138. The van der Waals surface area contributed by atoms with Crippen LogP contribution in [-0.4, -0.2) is 26.2 Å². The molecule has 0 aliphatic heterocycles. The number of fused-ring (bicyclic) bond motifs is 1. The second-order valence-corrected chi connectivity index (χ2v) is 5.44. The Hall–Kier alpha value is -2.67. The second-order valence-electron chi connectivity index (χ2n) is 4.44. The molecule has 3 aromatic rings. The first-order chi connectivity index (χ1) is 10.1. The molecule has 0 saturated heterocycles. The predicted molar refractivity (Wildman–Crippen MR) is 80.5 cm³/mol. The van der Waals surface area contributed by atoms with Crippen LogP contribution in [0.15, 0.2) is 30.6 Å². The van der Waals surface area contributed by atoms with Crippen LogP contribution in [-0.2, 0) is 0 Å². The lowest BCUT2D eigenvalue weighted by Gasteiger charge is -2.07. The minimum atomic E-state index is -0.973. The molecule has 0 fully saturated rings. The Bertz CT molecular complexity index is 845. The van der Waals surface area contributed by atoms with Gasteiger partial charge < -0.3 is 15.5 Å². The summed E-state index contributed by atoms with van der Waals surface area (Å²) in [6, 6.07) is 6.62. The molecule has 0 spiro atoms. The van der Waals surface area contributed by atoms with Gasteiger partial charge in [-0.3, -0.25) is 0 Å². The highest BCUT2D eigenvalue weighted by Gasteiger charge is 2.18. The van der Waals surface area contributed by atoms with Gasteiger partial charge in [0.1, 0.15) is 27.6 Å². The highest BCUT2D eigenvalue weighted by Crippen LogP contribution is 2.34. The Balaban J connectivity index is 2.12. The third kappa shape index (κ3) is 2.38. The molecule has 0 bridgehead atoms. The van der Waals surface area contributed by atoms with Crippen LogP contribution in [0.4, 0.5) is 11.5 Å². The largest absolute Gasteiger partial charge is 0.508 e. The van der Waals surface area contributed by atoms with E-state index in [0.29, 0.717) is 27.3 Å². The zero-order chi connectivity index (χ0) is 15.0. The summed E-state index contributed by atoms with van der Waals surface area (Å²) in [6.07, 6.45) is 1.38. The monoisotopic (exact) mass is 301 g/mol. The first-order valence-electron chi connectivity index (χ1n) is 6.09. The molecule has 21 heavy (non-hydrogen) atoms. The molecule has 3 rings (SSSR count). The smallest absolute Gasteiger partial charge is 0.346 e. The number of carboxylic acid groups (broad SMARTS) is 1. The number of hydrogen-bond donors (Lipinski definition) is 3. The van der Waals surface area contributed by atoms with Gasteiger partial charge in [-0.05, 0) is 24.6 Å². The fraction of sp³-hybridized carbons (Fsp3) is 0.0714. The van der Waals surface area contributed by atoms with Crippen molar-refractivity contribution in [3.63, 3.8) is 0 Å². The Morgan fingerprint density at radius 2 is 2.14 bits per heavy atom. The van der Waals surface area contributed by atoms with Crippen molar-refractivity contribution in [2.75, 3.05) is 5.32 Å². The lowest BCUT2D eigenvalue weighted by molar-refractivity contribution is 0.0701. The van der Waals surface area contributed by atoms with Crippen molar-refractivity contribution < 1.29 is 15.0 Å². The Morgan fingerprint density at radius 3 is 2.86 bits per heavy atom. The van der Waals surface area contributed by atoms with Crippen molar-refractivity contribution in [3.05, 3.63) is 41.0 Å².